The van der Waals surface area contributed by atoms with Crippen LogP contribution in [0.2, 0.25) is 15.5 Å². The first kappa shape index (κ1) is 14.3. The van der Waals surface area contributed by atoms with Gasteiger partial charge in [-0.1, -0.05) is 34.8 Å². The third-order valence-electron chi connectivity index (χ3n) is 2.01. The summed E-state index contributed by atoms with van der Waals surface area (Å²) in [4.78, 5) is 10.8. The topological polar surface area (TPSA) is 38.7 Å². The normalized spacial score (nSPS) is 11.7. The molecule has 0 N–H and O–H groups in total. The standard InChI is InChI=1S/C10H3Cl3F3N3/c11-6-1-4(2-7(12)18-6)9-17-5(10(14,15)16)3-8(13)19-9/h1-3H. The molecule has 0 aliphatic rings. The van der Waals surface area contributed by atoms with Gasteiger partial charge in [0.25, 0.3) is 0 Å². The highest BCUT2D eigenvalue weighted by Gasteiger charge is 2.33. The van der Waals surface area contributed by atoms with E-state index in [0.717, 1.165) is 0 Å². The van der Waals surface area contributed by atoms with Crippen LogP contribution in [0.1, 0.15) is 5.69 Å². The first-order valence-electron chi connectivity index (χ1n) is 4.71. The van der Waals surface area contributed by atoms with Gasteiger partial charge < -0.3 is 0 Å². The zero-order valence-corrected chi connectivity index (χ0v) is 11.1. The van der Waals surface area contributed by atoms with Gasteiger partial charge in [0.2, 0.25) is 0 Å². The summed E-state index contributed by atoms with van der Waals surface area (Å²) in [5.74, 6) is -0.231. The number of alkyl halides is 3. The maximum atomic E-state index is 12.6. The molecule has 100 valence electrons. The van der Waals surface area contributed by atoms with Crippen LogP contribution in [0.5, 0.6) is 0 Å². The first-order chi connectivity index (χ1) is 8.75. The van der Waals surface area contributed by atoms with Crippen LogP contribution >= 0.6 is 34.8 Å². The number of aromatic nitrogens is 3. The van der Waals surface area contributed by atoms with E-state index in [9.17, 15) is 13.2 Å². The largest absolute Gasteiger partial charge is 0.433 e. The fraction of sp³-hybridized carbons (Fsp3) is 0.100. The third kappa shape index (κ3) is 3.46. The fourth-order valence-corrected chi connectivity index (χ4v) is 1.93. The number of pyridine rings is 1. The van der Waals surface area contributed by atoms with Crippen molar-refractivity contribution in [2.75, 3.05) is 0 Å². The monoisotopic (exact) mass is 327 g/mol. The van der Waals surface area contributed by atoms with Crippen LogP contribution in [0.3, 0.4) is 0 Å². The van der Waals surface area contributed by atoms with E-state index in [4.69, 9.17) is 34.8 Å². The summed E-state index contributed by atoms with van der Waals surface area (Å²) in [5, 5.41) is -0.305. The van der Waals surface area contributed by atoms with Gasteiger partial charge in [0, 0.05) is 11.6 Å². The van der Waals surface area contributed by atoms with E-state index in [0.29, 0.717) is 6.07 Å². The Morgan fingerprint density at radius 2 is 1.32 bits per heavy atom. The second-order valence-corrected chi connectivity index (χ2v) is 4.56. The van der Waals surface area contributed by atoms with Crippen molar-refractivity contribution in [2.24, 2.45) is 0 Å². The Morgan fingerprint density at radius 3 is 1.84 bits per heavy atom. The molecule has 0 aromatic carbocycles. The molecule has 0 aliphatic carbocycles. The predicted octanol–water partition coefficient (Wildman–Crippen LogP) is 4.52. The molecule has 0 saturated heterocycles. The highest BCUT2D eigenvalue weighted by Crippen LogP contribution is 2.31. The second kappa shape index (κ2) is 5.11. The van der Waals surface area contributed by atoms with Crippen LogP contribution in [0, 0.1) is 0 Å². The summed E-state index contributed by atoms with van der Waals surface area (Å²) in [6.45, 7) is 0. The van der Waals surface area contributed by atoms with Crippen molar-refractivity contribution in [3.63, 3.8) is 0 Å². The molecule has 19 heavy (non-hydrogen) atoms. The minimum absolute atomic E-state index is 0.0136. The molecule has 0 spiro atoms. The van der Waals surface area contributed by atoms with Crippen molar-refractivity contribution in [3.05, 3.63) is 39.4 Å². The van der Waals surface area contributed by atoms with E-state index in [1.54, 1.807) is 0 Å². The van der Waals surface area contributed by atoms with Gasteiger partial charge in [0.1, 0.15) is 21.2 Å². The maximum absolute atomic E-state index is 12.6. The molecule has 0 unspecified atom stereocenters. The molecule has 3 nitrogen and oxygen atoms in total. The van der Waals surface area contributed by atoms with Crippen LogP contribution in [-0.4, -0.2) is 15.0 Å². The van der Waals surface area contributed by atoms with Gasteiger partial charge in [-0.25, -0.2) is 15.0 Å². The van der Waals surface area contributed by atoms with E-state index in [1.165, 1.54) is 12.1 Å². The van der Waals surface area contributed by atoms with Gasteiger partial charge >= 0.3 is 6.18 Å². The van der Waals surface area contributed by atoms with Crippen molar-refractivity contribution in [3.8, 4) is 11.4 Å². The zero-order valence-electron chi connectivity index (χ0n) is 8.84. The lowest BCUT2D eigenvalue weighted by molar-refractivity contribution is -0.141. The molecule has 0 radical (unpaired) electrons. The van der Waals surface area contributed by atoms with E-state index in [1.807, 2.05) is 0 Å². The highest BCUT2D eigenvalue weighted by molar-refractivity contribution is 6.33. The van der Waals surface area contributed by atoms with E-state index < -0.39 is 11.9 Å². The zero-order chi connectivity index (χ0) is 14.2. The molecule has 0 saturated carbocycles. The number of nitrogens with zero attached hydrogens (tertiary/aromatic N) is 3. The van der Waals surface area contributed by atoms with Crippen LogP contribution in [-0.2, 0) is 6.18 Å². The Labute approximate surface area is 120 Å². The van der Waals surface area contributed by atoms with E-state index >= 15 is 0 Å². The summed E-state index contributed by atoms with van der Waals surface area (Å²) in [7, 11) is 0. The van der Waals surface area contributed by atoms with Crippen LogP contribution < -0.4 is 0 Å². The van der Waals surface area contributed by atoms with Crippen molar-refractivity contribution in [1.82, 2.24) is 15.0 Å². The number of hydrogen-bond acceptors (Lipinski definition) is 3. The quantitative estimate of drug-likeness (QED) is 0.571. The Kier molecular flexibility index (Phi) is 3.85. The molecule has 2 heterocycles. The summed E-state index contributed by atoms with van der Waals surface area (Å²) in [6.07, 6.45) is -4.62. The van der Waals surface area contributed by atoms with Gasteiger partial charge in [-0.3, -0.25) is 0 Å². The van der Waals surface area contributed by atoms with Gasteiger partial charge in [0.05, 0.1) is 0 Å². The molecule has 0 atom stereocenters. The summed E-state index contributed by atoms with van der Waals surface area (Å²) in [5.41, 5.74) is -0.954. The van der Waals surface area contributed by atoms with Crippen LogP contribution in [0.25, 0.3) is 11.4 Å². The molecule has 9 heteroatoms. The van der Waals surface area contributed by atoms with Gasteiger partial charge in [-0.2, -0.15) is 13.2 Å². The van der Waals surface area contributed by atoms with Crippen LogP contribution in [0.4, 0.5) is 13.2 Å². The maximum Gasteiger partial charge on any atom is 0.433 e. The van der Waals surface area contributed by atoms with Crippen molar-refractivity contribution in [2.45, 2.75) is 6.18 Å². The minimum atomic E-state index is -4.62. The summed E-state index contributed by atoms with van der Waals surface area (Å²) in [6, 6.07) is 3.22. The van der Waals surface area contributed by atoms with Gasteiger partial charge in [-0.15, -0.1) is 0 Å². The Balaban J connectivity index is 2.59. The second-order valence-electron chi connectivity index (χ2n) is 3.40. The first-order valence-corrected chi connectivity index (χ1v) is 5.84. The molecule has 0 aliphatic heterocycles. The molecule has 2 rings (SSSR count). The van der Waals surface area contributed by atoms with Crippen molar-refractivity contribution >= 4 is 34.8 Å². The SMILES string of the molecule is FC(F)(F)c1cc(Cl)nc(-c2cc(Cl)nc(Cl)c2)n1. The predicted molar refractivity (Wildman–Crippen MR) is 65.3 cm³/mol. The molecule has 0 bridgehead atoms. The van der Waals surface area contributed by atoms with E-state index in [2.05, 4.69) is 15.0 Å². The Bertz CT molecular complexity index is 611. The Morgan fingerprint density at radius 1 is 0.789 bits per heavy atom. The summed E-state index contributed by atoms with van der Waals surface area (Å²) >= 11 is 16.9. The molecule has 2 aromatic heterocycles. The third-order valence-corrected chi connectivity index (χ3v) is 2.59. The lowest BCUT2D eigenvalue weighted by Gasteiger charge is -2.08. The van der Waals surface area contributed by atoms with Crippen molar-refractivity contribution < 1.29 is 13.2 Å². The van der Waals surface area contributed by atoms with Crippen molar-refractivity contribution in [1.29, 1.82) is 0 Å². The molecule has 2 aromatic rings. The highest BCUT2D eigenvalue weighted by atomic mass is 35.5. The lowest BCUT2D eigenvalue weighted by atomic mass is 10.2. The average Bonchev–Trinajstić information content (AvgIpc) is 2.25. The van der Waals surface area contributed by atoms with Gasteiger partial charge in [0.15, 0.2) is 5.82 Å². The minimum Gasteiger partial charge on any atom is -0.224 e. The van der Waals surface area contributed by atoms with E-state index in [-0.39, 0.29) is 26.8 Å². The summed E-state index contributed by atoms with van der Waals surface area (Å²) < 4.78 is 37.8. The average molecular weight is 329 g/mol. The smallest absolute Gasteiger partial charge is 0.224 e. The van der Waals surface area contributed by atoms with Gasteiger partial charge in [-0.05, 0) is 12.1 Å². The molecular formula is C10H3Cl3F3N3. The number of halogens is 6. The number of rotatable bonds is 1. The lowest BCUT2D eigenvalue weighted by Crippen LogP contribution is -2.09. The molecule has 0 amide bonds. The fourth-order valence-electron chi connectivity index (χ4n) is 1.29. The molecular weight excluding hydrogens is 325 g/mol. The Hall–Kier alpha value is -1.11. The van der Waals surface area contributed by atoms with Crippen LogP contribution in [0.15, 0.2) is 18.2 Å². The molecule has 0 fully saturated rings. The number of hydrogen-bond donors (Lipinski definition) is 0.